The van der Waals surface area contributed by atoms with Gasteiger partial charge in [0.25, 0.3) is 0 Å². The molecule has 7 heteroatoms. The monoisotopic (exact) mass is 361 g/mol. The maximum atomic E-state index is 12.3. The molecule has 0 radical (unpaired) electrons. The predicted octanol–water partition coefficient (Wildman–Crippen LogP) is 1.09. The van der Waals surface area contributed by atoms with Gasteiger partial charge in [0, 0.05) is 26.2 Å². The van der Waals surface area contributed by atoms with Crippen molar-refractivity contribution in [1.82, 2.24) is 15.5 Å². The lowest BCUT2D eigenvalue weighted by Gasteiger charge is -2.34. The van der Waals surface area contributed by atoms with Gasteiger partial charge in [0.05, 0.1) is 26.7 Å². The van der Waals surface area contributed by atoms with Crippen molar-refractivity contribution in [3.05, 3.63) is 35.9 Å². The van der Waals surface area contributed by atoms with Crippen molar-refractivity contribution in [2.75, 3.05) is 33.9 Å². The summed E-state index contributed by atoms with van der Waals surface area (Å²) in [7, 11) is 3.18. The van der Waals surface area contributed by atoms with Crippen LogP contribution in [0.25, 0.3) is 0 Å². The van der Waals surface area contributed by atoms with Gasteiger partial charge < -0.3 is 20.1 Å². The maximum Gasteiger partial charge on any atom is 0.237 e. The Balaban J connectivity index is 2.08. The average Bonchev–Trinajstić information content (AvgIpc) is 2.62. The maximum absolute atomic E-state index is 12.3. The van der Waals surface area contributed by atoms with Crippen LogP contribution in [0.1, 0.15) is 18.9 Å². The highest BCUT2D eigenvalue weighted by Gasteiger charge is 2.31. The van der Waals surface area contributed by atoms with E-state index in [1.54, 1.807) is 14.2 Å². The fraction of sp³-hybridized carbons (Fsp3) is 0.474. The molecule has 1 atom stereocenters. The van der Waals surface area contributed by atoms with Gasteiger partial charge in [-0.3, -0.25) is 14.5 Å². The number of rotatable bonds is 8. The summed E-state index contributed by atoms with van der Waals surface area (Å²) in [5.41, 5.74) is 1.86. The van der Waals surface area contributed by atoms with Crippen LogP contribution in [0.4, 0.5) is 0 Å². The molecule has 1 fully saturated rings. The van der Waals surface area contributed by atoms with Crippen LogP contribution in [0.2, 0.25) is 0 Å². The van der Waals surface area contributed by atoms with E-state index in [9.17, 15) is 9.59 Å². The van der Waals surface area contributed by atoms with Crippen molar-refractivity contribution in [3.8, 4) is 11.5 Å². The Morgan fingerprint density at radius 2 is 2.08 bits per heavy atom. The molecule has 1 unspecified atom stereocenters. The average molecular weight is 361 g/mol. The molecule has 1 saturated heterocycles. The minimum absolute atomic E-state index is 0.117. The van der Waals surface area contributed by atoms with Crippen molar-refractivity contribution in [1.29, 1.82) is 0 Å². The quantitative estimate of drug-likeness (QED) is 0.678. The van der Waals surface area contributed by atoms with Gasteiger partial charge in [0.1, 0.15) is 0 Å². The van der Waals surface area contributed by atoms with Gasteiger partial charge in [0.15, 0.2) is 11.5 Å². The van der Waals surface area contributed by atoms with E-state index in [1.165, 1.54) is 0 Å². The number of hydrogen-bond donors (Lipinski definition) is 2. The van der Waals surface area contributed by atoms with E-state index in [-0.39, 0.29) is 18.2 Å². The van der Waals surface area contributed by atoms with Gasteiger partial charge in [-0.15, -0.1) is 0 Å². The number of hydrogen-bond acceptors (Lipinski definition) is 5. The smallest absolute Gasteiger partial charge is 0.237 e. The van der Waals surface area contributed by atoms with Crippen LogP contribution in [0.3, 0.4) is 0 Å². The molecule has 142 valence electrons. The third kappa shape index (κ3) is 5.23. The molecule has 1 aliphatic heterocycles. The van der Waals surface area contributed by atoms with E-state index >= 15 is 0 Å². The van der Waals surface area contributed by atoms with Crippen LogP contribution in [-0.2, 0) is 16.1 Å². The molecule has 1 aromatic rings. The molecular formula is C19H27N3O4. The molecular weight excluding hydrogens is 334 g/mol. The van der Waals surface area contributed by atoms with Crippen molar-refractivity contribution in [3.63, 3.8) is 0 Å². The molecule has 2 N–H and O–H groups in total. The molecule has 2 amide bonds. The number of benzene rings is 1. The summed E-state index contributed by atoms with van der Waals surface area (Å²) in [5, 5.41) is 5.62. The minimum Gasteiger partial charge on any atom is -0.493 e. The van der Waals surface area contributed by atoms with E-state index in [0.29, 0.717) is 37.7 Å². The number of carbonyl (C=O) groups is 2. The van der Waals surface area contributed by atoms with Crippen LogP contribution in [0.5, 0.6) is 11.5 Å². The highest BCUT2D eigenvalue weighted by atomic mass is 16.5. The summed E-state index contributed by atoms with van der Waals surface area (Å²) in [6.45, 7) is 7.82. The molecule has 0 aromatic heterocycles. The van der Waals surface area contributed by atoms with E-state index < -0.39 is 6.04 Å². The zero-order chi connectivity index (χ0) is 19.1. The first-order valence-corrected chi connectivity index (χ1v) is 8.58. The fourth-order valence-corrected chi connectivity index (χ4v) is 2.88. The Bertz CT molecular complexity index is 675. The molecule has 1 aromatic carbocycles. The SMILES string of the molecule is C=C(C)CNC(=O)CC1C(=O)NCCN1Cc1ccc(OC)c(OC)c1. The first kappa shape index (κ1) is 19.8. The predicted molar refractivity (Wildman–Crippen MR) is 99.2 cm³/mol. The number of methoxy groups -OCH3 is 2. The minimum atomic E-state index is -0.498. The molecule has 0 bridgehead atoms. The van der Waals surface area contributed by atoms with Crippen LogP contribution in [-0.4, -0.2) is 56.6 Å². The second-order valence-electron chi connectivity index (χ2n) is 6.40. The molecule has 0 aliphatic carbocycles. The van der Waals surface area contributed by atoms with E-state index in [1.807, 2.05) is 30.0 Å². The zero-order valence-corrected chi connectivity index (χ0v) is 15.6. The molecule has 26 heavy (non-hydrogen) atoms. The number of piperazine rings is 1. The summed E-state index contributed by atoms with van der Waals surface area (Å²) in [5.74, 6) is 1.01. The summed E-state index contributed by atoms with van der Waals surface area (Å²) in [4.78, 5) is 26.5. The number of ether oxygens (including phenoxy) is 2. The topological polar surface area (TPSA) is 79.9 Å². The summed E-state index contributed by atoms with van der Waals surface area (Å²) >= 11 is 0. The van der Waals surface area contributed by atoms with Crippen LogP contribution < -0.4 is 20.1 Å². The summed E-state index contributed by atoms with van der Waals surface area (Å²) < 4.78 is 10.6. The normalized spacial score (nSPS) is 17.3. The Hall–Kier alpha value is -2.54. The largest absolute Gasteiger partial charge is 0.493 e. The third-order valence-electron chi connectivity index (χ3n) is 4.24. The summed E-state index contributed by atoms with van der Waals surface area (Å²) in [6, 6.07) is 5.17. The fourth-order valence-electron chi connectivity index (χ4n) is 2.88. The molecule has 0 spiro atoms. The lowest BCUT2D eigenvalue weighted by molar-refractivity contribution is -0.134. The Kier molecular flexibility index (Phi) is 7.03. The number of carbonyl (C=O) groups excluding carboxylic acids is 2. The number of nitrogens with zero attached hydrogens (tertiary/aromatic N) is 1. The Morgan fingerprint density at radius 1 is 1.35 bits per heavy atom. The zero-order valence-electron chi connectivity index (χ0n) is 15.6. The van der Waals surface area contributed by atoms with Gasteiger partial charge in [0.2, 0.25) is 11.8 Å². The van der Waals surface area contributed by atoms with E-state index in [2.05, 4.69) is 17.2 Å². The molecule has 0 saturated carbocycles. The highest BCUT2D eigenvalue weighted by Crippen LogP contribution is 2.28. The van der Waals surface area contributed by atoms with Crippen LogP contribution in [0.15, 0.2) is 30.4 Å². The van der Waals surface area contributed by atoms with Crippen molar-refractivity contribution < 1.29 is 19.1 Å². The van der Waals surface area contributed by atoms with Crippen molar-refractivity contribution in [2.24, 2.45) is 0 Å². The van der Waals surface area contributed by atoms with E-state index in [4.69, 9.17) is 9.47 Å². The van der Waals surface area contributed by atoms with Crippen LogP contribution in [0, 0.1) is 0 Å². The van der Waals surface area contributed by atoms with Gasteiger partial charge in [-0.1, -0.05) is 18.2 Å². The van der Waals surface area contributed by atoms with Crippen molar-refractivity contribution in [2.45, 2.75) is 25.9 Å². The lowest BCUT2D eigenvalue weighted by atomic mass is 10.1. The van der Waals surface area contributed by atoms with E-state index in [0.717, 1.165) is 11.1 Å². The van der Waals surface area contributed by atoms with Gasteiger partial charge in [-0.2, -0.15) is 0 Å². The first-order valence-electron chi connectivity index (χ1n) is 8.58. The first-order chi connectivity index (χ1) is 12.4. The third-order valence-corrected chi connectivity index (χ3v) is 4.24. The summed E-state index contributed by atoms with van der Waals surface area (Å²) in [6.07, 6.45) is 0.117. The molecule has 2 rings (SSSR count). The number of amides is 2. The Morgan fingerprint density at radius 3 is 2.73 bits per heavy atom. The molecule has 1 aliphatic rings. The highest BCUT2D eigenvalue weighted by molar-refractivity contribution is 5.88. The second kappa shape index (κ2) is 9.24. The lowest BCUT2D eigenvalue weighted by Crippen LogP contribution is -2.56. The Labute approximate surface area is 154 Å². The molecule has 1 heterocycles. The number of nitrogens with one attached hydrogen (secondary N) is 2. The van der Waals surface area contributed by atoms with Gasteiger partial charge in [-0.25, -0.2) is 0 Å². The van der Waals surface area contributed by atoms with Crippen molar-refractivity contribution >= 4 is 11.8 Å². The van der Waals surface area contributed by atoms with Gasteiger partial charge >= 0.3 is 0 Å². The van der Waals surface area contributed by atoms with Gasteiger partial charge in [-0.05, 0) is 24.6 Å². The van der Waals surface area contributed by atoms with Crippen LogP contribution >= 0.6 is 0 Å². The second-order valence-corrected chi connectivity index (χ2v) is 6.40. The standard InChI is InChI=1S/C19H27N3O4/c1-13(2)11-21-18(23)10-15-19(24)20-7-8-22(15)12-14-5-6-16(25-3)17(9-14)26-4/h5-6,9,15H,1,7-8,10-12H2,2-4H3,(H,20,24)(H,21,23). The molecule has 7 nitrogen and oxygen atoms in total.